The van der Waals surface area contributed by atoms with Gasteiger partial charge in [0.05, 0.1) is 17.4 Å². The maximum atomic E-state index is 12.4. The Morgan fingerprint density at radius 2 is 2.17 bits per heavy atom. The van der Waals surface area contributed by atoms with E-state index < -0.39 is 0 Å². The largest absolute Gasteiger partial charge is 0.351 e. The first-order valence-electron chi connectivity index (χ1n) is 7.85. The van der Waals surface area contributed by atoms with Crippen LogP contribution in [0.4, 0.5) is 0 Å². The molecule has 2 aromatic rings. The molecule has 1 aliphatic heterocycles. The molecule has 1 aromatic heterocycles. The fraction of sp³-hybridized carbons (Fsp3) is 0.412. The summed E-state index contributed by atoms with van der Waals surface area (Å²) in [6, 6.07) is 7.82. The van der Waals surface area contributed by atoms with Crippen molar-refractivity contribution in [3.05, 3.63) is 46.7 Å². The van der Waals surface area contributed by atoms with E-state index in [0.717, 1.165) is 36.1 Å². The Kier molecular flexibility index (Phi) is 6.43. The predicted octanol–water partition coefficient (Wildman–Crippen LogP) is 3.18. The van der Waals surface area contributed by atoms with Crippen LogP contribution in [0.25, 0.3) is 5.69 Å². The number of nitrogens with zero attached hydrogens (tertiary/aromatic N) is 2. The lowest BCUT2D eigenvalue weighted by molar-refractivity contribution is 0.0922. The van der Waals surface area contributed by atoms with Gasteiger partial charge in [0.15, 0.2) is 0 Å². The average molecular weight is 414 g/mol. The number of aromatic nitrogens is 2. The number of carbonyl (C=O) groups is 1. The number of hydrogen-bond acceptors (Lipinski definition) is 3. The van der Waals surface area contributed by atoms with Crippen LogP contribution in [0.5, 0.6) is 0 Å². The van der Waals surface area contributed by atoms with Crippen molar-refractivity contribution in [3.8, 4) is 5.69 Å². The quantitative estimate of drug-likeness (QED) is 0.809. The molecule has 2 heterocycles. The zero-order valence-electron chi connectivity index (χ0n) is 13.6. The zero-order valence-corrected chi connectivity index (χ0v) is 16.0. The number of benzene rings is 1. The Labute approximate surface area is 156 Å². The lowest BCUT2D eigenvalue weighted by Gasteiger charge is -2.34. The second-order valence-electron chi connectivity index (χ2n) is 6.40. The second kappa shape index (κ2) is 8.14. The van der Waals surface area contributed by atoms with E-state index in [4.69, 9.17) is 0 Å². The van der Waals surface area contributed by atoms with Gasteiger partial charge < -0.3 is 10.6 Å². The van der Waals surface area contributed by atoms with Gasteiger partial charge in [0.1, 0.15) is 0 Å². The summed E-state index contributed by atoms with van der Waals surface area (Å²) in [4.78, 5) is 12.4. The van der Waals surface area contributed by atoms with Gasteiger partial charge in [-0.15, -0.1) is 12.4 Å². The molecule has 24 heavy (non-hydrogen) atoms. The number of rotatable bonds is 4. The van der Waals surface area contributed by atoms with Crippen LogP contribution in [-0.4, -0.2) is 35.3 Å². The lowest BCUT2D eigenvalue weighted by atomic mass is 9.81. The van der Waals surface area contributed by atoms with Gasteiger partial charge in [-0.3, -0.25) is 4.79 Å². The number of hydrogen-bond donors (Lipinski definition) is 2. The summed E-state index contributed by atoms with van der Waals surface area (Å²) in [6.45, 7) is 4.98. The van der Waals surface area contributed by atoms with Crippen LogP contribution in [0, 0.1) is 5.41 Å². The number of carbonyl (C=O) groups excluding carboxylic acids is 1. The summed E-state index contributed by atoms with van der Waals surface area (Å²) < 4.78 is 2.70. The van der Waals surface area contributed by atoms with Crippen molar-refractivity contribution in [2.45, 2.75) is 19.8 Å². The van der Waals surface area contributed by atoms with Crippen molar-refractivity contribution in [1.29, 1.82) is 0 Å². The number of piperidine rings is 1. The molecule has 0 unspecified atom stereocenters. The normalized spacial score (nSPS) is 16.2. The molecule has 0 radical (unpaired) electrons. The highest BCUT2D eigenvalue weighted by molar-refractivity contribution is 9.10. The van der Waals surface area contributed by atoms with Gasteiger partial charge in [-0.1, -0.05) is 28.9 Å². The molecule has 1 amide bonds. The fourth-order valence-corrected chi connectivity index (χ4v) is 3.19. The molecule has 7 heteroatoms. The van der Waals surface area contributed by atoms with Crippen LogP contribution < -0.4 is 10.6 Å². The van der Waals surface area contributed by atoms with Crippen LogP contribution >= 0.6 is 28.3 Å². The van der Waals surface area contributed by atoms with Gasteiger partial charge in [-0.25, -0.2) is 4.68 Å². The van der Waals surface area contributed by atoms with E-state index in [9.17, 15) is 4.79 Å². The van der Waals surface area contributed by atoms with Crippen LogP contribution in [0.3, 0.4) is 0 Å². The van der Waals surface area contributed by atoms with Crippen molar-refractivity contribution < 1.29 is 4.79 Å². The number of nitrogens with one attached hydrogen (secondary N) is 2. The molecule has 0 saturated carbocycles. The number of amides is 1. The molecule has 0 atom stereocenters. The molecule has 3 rings (SSSR count). The highest BCUT2D eigenvalue weighted by Gasteiger charge is 2.27. The van der Waals surface area contributed by atoms with Crippen molar-refractivity contribution >= 4 is 34.2 Å². The Morgan fingerprint density at radius 3 is 2.88 bits per heavy atom. The smallest absolute Gasteiger partial charge is 0.254 e. The van der Waals surface area contributed by atoms with E-state index in [0.29, 0.717) is 12.1 Å². The first-order valence-corrected chi connectivity index (χ1v) is 8.65. The summed E-state index contributed by atoms with van der Waals surface area (Å²) in [6.07, 6.45) is 5.55. The standard InChI is InChI=1S/C17H21BrN4O.ClH/c1-17(5-7-19-8-6-17)12-20-16(23)13-10-21-22(11-13)15-4-2-3-14(18)9-15;/h2-4,9-11,19H,5-8,12H2,1H3,(H,20,23);1H. The molecule has 2 N–H and O–H groups in total. The first kappa shape index (κ1) is 19.0. The molecule has 5 nitrogen and oxygen atoms in total. The lowest BCUT2D eigenvalue weighted by Crippen LogP contribution is -2.42. The van der Waals surface area contributed by atoms with Crippen LogP contribution in [0.15, 0.2) is 41.1 Å². The van der Waals surface area contributed by atoms with Gasteiger partial charge in [-0.05, 0) is 49.5 Å². The van der Waals surface area contributed by atoms with Crippen LogP contribution in [-0.2, 0) is 0 Å². The molecule has 1 aliphatic rings. The first-order chi connectivity index (χ1) is 11.1. The molecule has 0 spiro atoms. The predicted molar refractivity (Wildman–Crippen MR) is 101 cm³/mol. The number of halogens is 2. The molecule has 130 valence electrons. The third kappa shape index (κ3) is 4.59. The second-order valence-corrected chi connectivity index (χ2v) is 7.31. The minimum absolute atomic E-state index is 0. The maximum Gasteiger partial charge on any atom is 0.254 e. The summed E-state index contributed by atoms with van der Waals surface area (Å²) in [5.74, 6) is -0.0639. The highest BCUT2D eigenvalue weighted by Crippen LogP contribution is 2.26. The van der Waals surface area contributed by atoms with Gasteiger partial charge in [0.25, 0.3) is 5.91 Å². The van der Waals surface area contributed by atoms with E-state index in [-0.39, 0.29) is 23.7 Å². The van der Waals surface area contributed by atoms with E-state index in [1.165, 1.54) is 0 Å². The Morgan fingerprint density at radius 1 is 1.42 bits per heavy atom. The SMILES string of the molecule is CC1(CNC(=O)c2cnn(-c3cccc(Br)c3)c2)CCNCC1.Cl. The van der Waals surface area contributed by atoms with Gasteiger partial charge in [0, 0.05) is 17.2 Å². The van der Waals surface area contributed by atoms with Crippen molar-refractivity contribution in [3.63, 3.8) is 0 Å². The van der Waals surface area contributed by atoms with Gasteiger partial charge in [-0.2, -0.15) is 5.10 Å². The summed E-state index contributed by atoms with van der Waals surface area (Å²) >= 11 is 3.44. The van der Waals surface area contributed by atoms with E-state index in [1.54, 1.807) is 17.1 Å². The van der Waals surface area contributed by atoms with E-state index in [1.807, 2.05) is 24.3 Å². The zero-order chi connectivity index (χ0) is 16.3. The Bertz CT molecular complexity index is 697. The third-order valence-corrected chi connectivity index (χ3v) is 4.90. The molecule has 1 saturated heterocycles. The third-order valence-electron chi connectivity index (χ3n) is 4.40. The van der Waals surface area contributed by atoms with Gasteiger partial charge >= 0.3 is 0 Å². The summed E-state index contributed by atoms with van der Waals surface area (Å²) in [5, 5.41) is 10.7. The average Bonchev–Trinajstić information content (AvgIpc) is 3.03. The van der Waals surface area contributed by atoms with Crippen LogP contribution in [0.2, 0.25) is 0 Å². The van der Waals surface area contributed by atoms with Crippen LogP contribution in [0.1, 0.15) is 30.1 Å². The summed E-state index contributed by atoms with van der Waals surface area (Å²) in [5.41, 5.74) is 1.69. The molecular weight excluding hydrogens is 392 g/mol. The molecule has 0 aliphatic carbocycles. The van der Waals surface area contributed by atoms with Crippen molar-refractivity contribution in [1.82, 2.24) is 20.4 Å². The van der Waals surface area contributed by atoms with E-state index in [2.05, 4.69) is 38.6 Å². The minimum atomic E-state index is -0.0639. The maximum absolute atomic E-state index is 12.4. The molecule has 1 aromatic carbocycles. The van der Waals surface area contributed by atoms with Crippen molar-refractivity contribution in [2.75, 3.05) is 19.6 Å². The highest BCUT2D eigenvalue weighted by atomic mass is 79.9. The Hall–Kier alpha value is -1.37. The molecule has 0 bridgehead atoms. The monoisotopic (exact) mass is 412 g/mol. The topological polar surface area (TPSA) is 59.0 Å². The molecule has 1 fully saturated rings. The minimum Gasteiger partial charge on any atom is -0.351 e. The van der Waals surface area contributed by atoms with Gasteiger partial charge in [0.2, 0.25) is 0 Å². The summed E-state index contributed by atoms with van der Waals surface area (Å²) in [7, 11) is 0. The van der Waals surface area contributed by atoms with Crippen molar-refractivity contribution in [2.24, 2.45) is 5.41 Å². The molecular formula is C17H22BrClN4O. The van der Waals surface area contributed by atoms with E-state index >= 15 is 0 Å². The fourth-order valence-electron chi connectivity index (χ4n) is 2.80. The Balaban J connectivity index is 0.00000208.